The van der Waals surface area contributed by atoms with E-state index in [1.54, 1.807) is 6.20 Å². The lowest BCUT2D eigenvalue weighted by molar-refractivity contribution is 0.282. The summed E-state index contributed by atoms with van der Waals surface area (Å²) < 4.78 is 5.60. The first-order valence-corrected chi connectivity index (χ1v) is 4.78. The van der Waals surface area contributed by atoms with E-state index in [-0.39, 0.29) is 6.10 Å². The van der Waals surface area contributed by atoms with Gasteiger partial charge in [-0.1, -0.05) is 12.0 Å². The summed E-state index contributed by atoms with van der Waals surface area (Å²) in [5, 5.41) is 0.988. The summed E-state index contributed by atoms with van der Waals surface area (Å²) in [6, 6.07) is 9.62. The Kier molecular flexibility index (Phi) is 2.55. The summed E-state index contributed by atoms with van der Waals surface area (Å²) in [7, 11) is 0. The van der Waals surface area contributed by atoms with Crippen LogP contribution in [0.4, 0.5) is 0 Å². The fourth-order valence-corrected chi connectivity index (χ4v) is 1.40. The fraction of sp³-hybridized carbons (Fsp3) is 0.154. The molecule has 0 bridgehead atoms. The molecule has 1 heterocycles. The standard InChI is InChI=1S/C13H11NO/c1-3-10(2)15-13-8-4-7-12-11(13)6-5-9-14-12/h1,4-10H,2H3/t10-/m1/s1. The van der Waals surface area contributed by atoms with Gasteiger partial charge in [-0.2, -0.15) is 0 Å². The van der Waals surface area contributed by atoms with Gasteiger partial charge >= 0.3 is 0 Å². The average molecular weight is 197 g/mol. The van der Waals surface area contributed by atoms with Crippen LogP contribution in [0.3, 0.4) is 0 Å². The lowest BCUT2D eigenvalue weighted by atomic mass is 10.2. The highest BCUT2D eigenvalue weighted by molar-refractivity contribution is 5.84. The van der Waals surface area contributed by atoms with Gasteiger partial charge in [-0.3, -0.25) is 4.98 Å². The normalized spacial score (nSPS) is 12.0. The van der Waals surface area contributed by atoms with Gasteiger partial charge in [-0.25, -0.2) is 0 Å². The zero-order chi connectivity index (χ0) is 10.7. The minimum atomic E-state index is -0.226. The number of ether oxygens (including phenoxy) is 1. The Bertz CT molecular complexity index is 508. The molecule has 2 aromatic rings. The summed E-state index contributed by atoms with van der Waals surface area (Å²) in [5.74, 6) is 3.32. The van der Waals surface area contributed by atoms with Crippen LogP contribution < -0.4 is 4.74 Å². The van der Waals surface area contributed by atoms with Crippen molar-refractivity contribution in [2.45, 2.75) is 13.0 Å². The van der Waals surface area contributed by atoms with E-state index >= 15 is 0 Å². The number of nitrogens with zero attached hydrogens (tertiary/aromatic N) is 1. The van der Waals surface area contributed by atoms with E-state index in [0.29, 0.717) is 0 Å². The van der Waals surface area contributed by atoms with Gasteiger partial charge in [0.05, 0.1) is 5.52 Å². The SMILES string of the molecule is C#C[C@@H](C)Oc1cccc2ncccc12. The molecule has 15 heavy (non-hydrogen) atoms. The molecular weight excluding hydrogens is 186 g/mol. The quantitative estimate of drug-likeness (QED) is 0.690. The second kappa shape index (κ2) is 4.02. The van der Waals surface area contributed by atoms with Crippen LogP contribution >= 0.6 is 0 Å². The Morgan fingerprint density at radius 3 is 3.00 bits per heavy atom. The molecule has 0 unspecified atom stereocenters. The maximum atomic E-state index is 5.60. The van der Waals surface area contributed by atoms with Crippen molar-refractivity contribution in [3.8, 4) is 18.1 Å². The molecular formula is C13H11NO. The molecule has 0 radical (unpaired) electrons. The van der Waals surface area contributed by atoms with Gasteiger partial charge in [-0.05, 0) is 31.2 Å². The van der Waals surface area contributed by atoms with Crippen LogP contribution in [0.5, 0.6) is 5.75 Å². The van der Waals surface area contributed by atoms with Gasteiger partial charge in [0, 0.05) is 11.6 Å². The highest BCUT2D eigenvalue weighted by Crippen LogP contribution is 2.24. The van der Waals surface area contributed by atoms with Crippen molar-refractivity contribution < 1.29 is 4.74 Å². The number of benzene rings is 1. The molecule has 0 aliphatic heterocycles. The Morgan fingerprint density at radius 1 is 1.33 bits per heavy atom. The molecule has 2 rings (SSSR count). The molecule has 0 saturated heterocycles. The minimum Gasteiger partial charge on any atom is -0.477 e. The predicted molar refractivity (Wildman–Crippen MR) is 60.7 cm³/mol. The fourth-order valence-electron chi connectivity index (χ4n) is 1.40. The largest absolute Gasteiger partial charge is 0.477 e. The second-order valence-corrected chi connectivity index (χ2v) is 3.25. The monoisotopic (exact) mass is 197 g/mol. The van der Waals surface area contributed by atoms with E-state index in [1.807, 2.05) is 37.3 Å². The molecule has 0 saturated carbocycles. The van der Waals surface area contributed by atoms with Crippen molar-refractivity contribution in [3.05, 3.63) is 36.5 Å². The molecule has 0 N–H and O–H groups in total. The van der Waals surface area contributed by atoms with E-state index < -0.39 is 0 Å². The van der Waals surface area contributed by atoms with Gasteiger partial charge in [0.15, 0.2) is 6.10 Å². The third-order valence-corrected chi connectivity index (χ3v) is 2.14. The van der Waals surface area contributed by atoms with Crippen molar-refractivity contribution in [1.29, 1.82) is 0 Å². The zero-order valence-electron chi connectivity index (χ0n) is 8.47. The Balaban J connectivity index is 2.48. The molecule has 2 heteroatoms. The number of hydrogen-bond acceptors (Lipinski definition) is 2. The van der Waals surface area contributed by atoms with E-state index in [9.17, 15) is 0 Å². The molecule has 1 atom stereocenters. The molecule has 0 amide bonds. The minimum absolute atomic E-state index is 0.226. The van der Waals surface area contributed by atoms with Crippen molar-refractivity contribution in [3.63, 3.8) is 0 Å². The summed E-state index contributed by atoms with van der Waals surface area (Å²) in [6.45, 7) is 1.84. The Hall–Kier alpha value is -2.01. The van der Waals surface area contributed by atoms with E-state index in [0.717, 1.165) is 16.7 Å². The summed E-state index contributed by atoms with van der Waals surface area (Å²) in [4.78, 5) is 4.24. The highest BCUT2D eigenvalue weighted by atomic mass is 16.5. The molecule has 1 aromatic carbocycles. The van der Waals surface area contributed by atoms with Gasteiger partial charge < -0.3 is 4.74 Å². The van der Waals surface area contributed by atoms with Crippen LogP contribution in [0.15, 0.2) is 36.5 Å². The van der Waals surface area contributed by atoms with Crippen molar-refractivity contribution >= 4 is 10.9 Å². The molecule has 2 nitrogen and oxygen atoms in total. The third-order valence-electron chi connectivity index (χ3n) is 2.14. The molecule has 0 aliphatic carbocycles. The van der Waals surface area contributed by atoms with Crippen molar-refractivity contribution in [2.24, 2.45) is 0 Å². The maximum Gasteiger partial charge on any atom is 0.156 e. The van der Waals surface area contributed by atoms with E-state index in [1.165, 1.54) is 0 Å². The van der Waals surface area contributed by atoms with Crippen LogP contribution in [0.1, 0.15) is 6.92 Å². The first kappa shape index (κ1) is 9.54. The zero-order valence-corrected chi connectivity index (χ0v) is 8.47. The number of rotatable bonds is 2. The first-order chi connectivity index (χ1) is 7.31. The molecule has 0 fully saturated rings. The van der Waals surface area contributed by atoms with Gasteiger partial charge in [0.2, 0.25) is 0 Å². The van der Waals surface area contributed by atoms with Crippen LogP contribution in [0.25, 0.3) is 10.9 Å². The Labute approximate surface area is 88.9 Å². The maximum absolute atomic E-state index is 5.60. The number of terminal acetylenes is 1. The van der Waals surface area contributed by atoms with E-state index in [2.05, 4.69) is 10.9 Å². The predicted octanol–water partition coefficient (Wildman–Crippen LogP) is 2.64. The van der Waals surface area contributed by atoms with Gasteiger partial charge in [-0.15, -0.1) is 6.42 Å². The lowest BCUT2D eigenvalue weighted by Gasteiger charge is -2.10. The van der Waals surface area contributed by atoms with Crippen molar-refractivity contribution in [2.75, 3.05) is 0 Å². The molecule has 74 valence electrons. The number of fused-ring (bicyclic) bond motifs is 1. The lowest BCUT2D eigenvalue weighted by Crippen LogP contribution is -2.08. The van der Waals surface area contributed by atoms with Crippen LogP contribution in [0.2, 0.25) is 0 Å². The highest BCUT2D eigenvalue weighted by Gasteiger charge is 2.04. The summed E-state index contributed by atoms with van der Waals surface area (Å²) >= 11 is 0. The molecule has 0 spiro atoms. The topological polar surface area (TPSA) is 22.1 Å². The summed E-state index contributed by atoms with van der Waals surface area (Å²) in [5.41, 5.74) is 0.916. The van der Waals surface area contributed by atoms with Crippen LogP contribution in [-0.2, 0) is 0 Å². The van der Waals surface area contributed by atoms with Crippen LogP contribution in [-0.4, -0.2) is 11.1 Å². The Morgan fingerprint density at radius 2 is 2.20 bits per heavy atom. The number of hydrogen-bond donors (Lipinski definition) is 0. The third kappa shape index (κ3) is 1.92. The second-order valence-electron chi connectivity index (χ2n) is 3.25. The summed E-state index contributed by atoms with van der Waals surface area (Å²) in [6.07, 6.45) is 6.81. The van der Waals surface area contributed by atoms with Gasteiger partial charge in [0.1, 0.15) is 5.75 Å². The number of aromatic nitrogens is 1. The smallest absolute Gasteiger partial charge is 0.156 e. The first-order valence-electron chi connectivity index (χ1n) is 4.78. The van der Waals surface area contributed by atoms with Crippen molar-refractivity contribution in [1.82, 2.24) is 4.98 Å². The van der Waals surface area contributed by atoms with Gasteiger partial charge in [0.25, 0.3) is 0 Å². The molecule has 0 aliphatic rings. The van der Waals surface area contributed by atoms with E-state index in [4.69, 9.17) is 11.2 Å². The van der Waals surface area contributed by atoms with Crippen LogP contribution in [0, 0.1) is 12.3 Å². The average Bonchev–Trinajstić information content (AvgIpc) is 2.29. The number of pyridine rings is 1. The molecule has 1 aromatic heterocycles.